The number of carbonyl (C=O) groups is 2. The summed E-state index contributed by atoms with van der Waals surface area (Å²) in [5.74, 6) is 0.378. The Labute approximate surface area is 98.0 Å². The molecule has 3 heteroatoms. The molecular formula is C13H23NO2. The van der Waals surface area contributed by atoms with E-state index in [0.29, 0.717) is 18.9 Å². The normalized spacial score (nSPS) is 17.1. The number of hydrogen-bond acceptors (Lipinski definition) is 2. The van der Waals surface area contributed by atoms with E-state index in [1.165, 1.54) is 19.3 Å². The fourth-order valence-electron chi connectivity index (χ4n) is 2.21. The molecule has 0 aliphatic heterocycles. The first kappa shape index (κ1) is 13.2. The summed E-state index contributed by atoms with van der Waals surface area (Å²) in [4.78, 5) is 22.3. The number of hydrogen-bond donors (Lipinski definition) is 1. The zero-order valence-corrected chi connectivity index (χ0v) is 10.3. The van der Waals surface area contributed by atoms with E-state index in [-0.39, 0.29) is 11.7 Å². The molecule has 1 saturated carbocycles. The first-order chi connectivity index (χ1) is 7.68. The molecule has 3 nitrogen and oxygen atoms in total. The third-order valence-corrected chi connectivity index (χ3v) is 3.15. The molecule has 1 fully saturated rings. The number of amides is 1. The molecule has 1 N–H and O–H groups in total. The summed E-state index contributed by atoms with van der Waals surface area (Å²) in [5, 5.41) is 3.08. The van der Waals surface area contributed by atoms with Gasteiger partial charge < -0.3 is 10.1 Å². The van der Waals surface area contributed by atoms with Crippen LogP contribution in [0.2, 0.25) is 0 Å². The number of rotatable bonds is 6. The number of unbranched alkanes of at least 4 members (excludes halogenated alkanes) is 1. The maximum atomic E-state index is 11.6. The lowest BCUT2D eigenvalue weighted by Gasteiger charge is -2.22. The molecule has 0 heterocycles. The van der Waals surface area contributed by atoms with Gasteiger partial charge in [-0.3, -0.25) is 4.79 Å². The molecule has 92 valence electrons. The Balaban J connectivity index is 2.03. The third-order valence-electron chi connectivity index (χ3n) is 3.15. The summed E-state index contributed by atoms with van der Waals surface area (Å²) in [6, 6.07) is 0.411. The standard InChI is InChI=1S/C13H23NO2/c1-11(15)7-5-6-10-13(16)14-12-8-3-2-4-9-12/h12H,2-10H2,1H3,(H,14,16). The van der Waals surface area contributed by atoms with Gasteiger partial charge in [-0.05, 0) is 32.6 Å². The molecule has 0 aromatic heterocycles. The van der Waals surface area contributed by atoms with E-state index >= 15 is 0 Å². The quantitative estimate of drug-likeness (QED) is 0.706. The van der Waals surface area contributed by atoms with Crippen molar-refractivity contribution in [2.24, 2.45) is 0 Å². The van der Waals surface area contributed by atoms with E-state index in [4.69, 9.17) is 0 Å². The second-order valence-corrected chi connectivity index (χ2v) is 4.81. The van der Waals surface area contributed by atoms with Crippen LogP contribution in [0.15, 0.2) is 0 Å². The number of ketones is 1. The molecular weight excluding hydrogens is 202 g/mol. The highest BCUT2D eigenvalue weighted by molar-refractivity contribution is 5.77. The smallest absolute Gasteiger partial charge is 0.220 e. The van der Waals surface area contributed by atoms with Gasteiger partial charge in [-0.15, -0.1) is 0 Å². The van der Waals surface area contributed by atoms with Crippen molar-refractivity contribution < 1.29 is 9.59 Å². The molecule has 0 spiro atoms. The van der Waals surface area contributed by atoms with Gasteiger partial charge in [0, 0.05) is 18.9 Å². The minimum Gasteiger partial charge on any atom is -0.353 e. The van der Waals surface area contributed by atoms with E-state index in [1.807, 2.05) is 0 Å². The van der Waals surface area contributed by atoms with Gasteiger partial charge in [-0.25, -0.2) is 0 Å². The predicted molar refractivity (Wildman–Crippen MR) is 64.2 cm³/mol. The van der Waals surface area contributed by atoms with Crippen LogP contribution in [0.25, 0.3) is 0 Å². The van der Waals surface area contributed by atoms with Gasteiger partial charge in [-0.2, -0.15) is 0 Å². The molecule has 0 aromatic rings. The second kappa shape index (κ2) is 7.42. The van der Waals surface area contributed by atoms with Crippen molar-refractivity contribution in [2.75, 3.05) is 0 Å². The van der Waals surface area contributed by atoms with Crippen LogP contribution in [0, 0.1) is 0 Å². The Morgan fingerprint density at radius 1 is 1.06 bits per heavy atom. The predicted octanol–water partition coefficient (Wildman–Crippen LogP) is 2.58. The molecule has 0 unspecified atom stereocenters. The lowest BCUT2D eigenvalue weighted by atomic mass is 9.95. The van der Waals surface area contributed by atoms with Crippen molar-refractivity contribution in [3.8, 4) is 0 Å². The van der Waals surface area contributed by atoms with E-state index in [0.717, 1.165) is 25.7 Å². The van der Waals surface area contributed by atoms with Crippen LogP contribution in [0.5, 0.6) is 0 Å². The molecule has 0 radical (unpaired) electrons. The van der Waals surface area contributed by atoms with Crippen LogP contribution in [0.1, 0.15) is 64.7 Å². The molecule has 0 bridgehead atoms. The largest absolute Gasteiger partial charge is 0.353 e. The number of Topliss-reactive ketones (excluding diaryl/α,β-unsaturated/α-hetero) is 1. The van der Waals surface area contributed by atoms with Crippen molar-refractivity contribution in [3.63, 3.8) is 0 Å². The average Bonchev–Trinajstić information content (AvgIpc) is 2.25. The van der Waals surface area contributed by atoms with Crippen LogP contribution in [-0.4, -0.2) is 17.7 Å². The highest BCUT2D eigenvalue weighted by Crippen LogP contribution is 2.17. The summed E-state index contributed by atoms with van der Waals surface area (Å²) >= 11 is 0. The monoisotopic (exact) mass is 225 g/mol. The highest BCUT2D eigenvalue weighted by Gasteiger charge is 2.15. The summed E-state index contributed by atoms with van der Waals surface area (Å²) in [6.45, 7) is 1.60. The molecule has 0 saturated heterocycles. The minimum absolute atomic E-state index is 0.162. The highest BCUT2D eigenvalue weighted by atomic mass is 16.1. The lowest BCUT2D eigenvalue weighted by Crippen LogP contribution is -2.35. The Morgan fingerprint density at radius 3 is 2.31 bits per heavy atom. The van der Waals surface area contributed by atoms with Crippen molar-refractivity contribution in [3.05, 3.63) is 0 Å². The van der Waals surface area contributed by atoms with Crippen molar-refractivity contribution in [2.45, 2.75) is 70.8 Å². The molecule has 1 amide bonds. The van der Waals surface area contributed by atoms with E-state index in [2.05, 4.69) is 5.32 Å². The summed E-state index contributed by atoms with van der Waals surface area (Å²) in [5.41, 5.74) is 0. The fourth-order valence-corrected chi connectivity index (χ4v) is 2.21. The topological polar surface area (TPSA) is 46.2 Å². The zero-order chi connectivity index (χ0) is 11.8. The number of nitrogens with one attached hydrogen (secondary N) is 1. The van der Waals surface area contributed by atoms with Gasteiger partial charge in [-0.1, -0.05) is 19.3 Å². The first-order valence-electron chi connectivity index (χ1n) is 6.47. The Hall–Kier alpha value is -0.860. The zero-order valence-electron chi connectivity index (χ0n) is 10.3. The van der Waals surface area contributed by atoms with Gasteiger partial charge >= 0.3 is 0 Å². The van der Waals surface area contributed by atoms with Gasteiger partial charge in [0.2, 0.25) is 5.91 Å². The maximum absolute atomic E-state index is 11.6. The average molecular weight is 225 g/mol. The molecule has 0 atom stereocenters. The lowest BCUT2D eigenvalue weighted by molar-refractivity contribution is -0.122. The SMILES string of the molecule is CC(=O)CCCCC(=O)NC1CCCCC1. The van der Waals surface area contributed by atoms with Gasteiger partial charge in [0.25, 0.3) is 0 Å². The molecule has 16 heavy (non-hydrogen) atoms. The third kappa shape index (κ3) is 5.89. The molecule has 0 aromatic carbocycles. The van der Waals surface area contributed by atoms with Gasteiger partial charge in [0.05, 0.1) is 0 Å². The Kier molecular flexibility index (Phi) is 6.12. The molecule has 1 aliphatic carbocycles. The van der Waals surface area contributed by atoms with Crippen LogP contribution < -0.4 is 5.32 Å². The summed E-state index contributed by atoms with van der Waals surface area (Å²) in [7, 11) is 0. The van der Waals surface area contributed by atoms with E-state index in [1.54, 1.807) is 6.92 Å². The minimum atomic E-state index is 0.162. The second-order valence-electron chi connectivity index (χ2n) is 4.81. The Bertz CT molecular complexity index is 232. The summed E-state index contributed by atoms with van der Waals surface area (Å²) < 4.78 is 0. The van der Waals surface area contributed by atoms with Crippen molar-refractivity contribution >= 4 is 11.7 Å². The maximum Gasteiger partial charge on any atom is 0.220 e. The van der Waals surface area contributed by atoms with E-state index < -0.39 is 0 Å². The van der Waals surface area contributed by atoms with Crippen LogP contribution in [-0.2, 0) is 9.59 Å². The van der Waals surface area contributed by atoms with Crippen LogP contribution in [0.4, 0.5) is 0 Å². The molecule has 1 aliphatic rings. The van der Waals surface area contributed by atoms with Gasteiger partial charge in [0.15, 0.2) is 0 Å². The van der Waals surface area contributed by atoms with Gasteiger partial charge in [0.1, 0.15) is 5.78 Å². The van der Waals surface area contributed by atoms with Crippen molar-refractivity contribution in [1.82, 2.24) is 5.32 Å². The summed E-state index contributed by atoms with van der Waals surface area (Å²) in [6.07, 6.45) is 8.93. The molecule has 1 rings (SSSR count). The van der Waals surface area contributed by atoms with Crippen LogP contribution >= 0.6 is 0 Å². The van der Waals surface area contributed by atoms with E-state index in [9.17, 15) is 9.59 Å². The Morgan fingerprint density at radius 2 is 1.69 bits per heavy atom. The first-order valence-corrected chi connectivity index (χ1v) is 6.47. The van der Waals surface area contributed by atoms with Crippen LogP contribution in [0.3, 0.4) is 0 Å². The fraction of sp³-hybridized carbons (Fsp3) is 0.846. The number of carbonyl (C=O) groups excluding carboxylic acids is 2. The van der Waals surface area contributed by atoms with Crippen molar-refractivity contribution in [1.29, 1.82) is 0 Å².